The van der Waals surface area contributed by atoms with Gasteiger partial charge < -0.3 is 4.74 Å². The molecule has 1 atom stereocenters. The SMILES string of the molecule is CCOC(=O)C(C=NCCC(c1ccccc1)c1ccccc1)C(=O)c1ccccc1Cl. The van der Waals surface area contributed by atoms with Crippen molar-refractivity contribution >= 4 is 29.6 Å². The number of esters is 1. The van der Waals surface area contributed by atoms with Crippen molar-refractivity contribution in [2.45, 2.75) is 19.3 Å². The third-order valence-corrected chi connectivity index (χ3v) is 5.50. The molecule has 4 nitrogen and oxygen atoms in total. The summed E-state index contributed by atoms with van der Waals surface area (Å²) in [6.07, 6.45) is 2.14. The first-order valence-electron chi connectivity index (χ1n) is 10.7. The van der Waals surface area contributed by atoms with Crippen molar-refractivity contribution in [3.8, 4) is 0 Å². The smallest absolute Gasteiger partial charge is 0.322 e. The molecule has 164 valence electrons. The van der Waals surface area contributed by atoms with E-state index in [1.165, 1.54) is 17.3 Å². The Bertz CT molecular complexity index is 1010. The van der Waals surface area contributed by atoms with Crippen molar-refractivity contribution in [2.75, 3.05) is 13.2 Å². The van der Waals surface area contributed by atoms with E-state index >= 15 is 0 Å². The van der Waals surface area contributed by atoms with Gasteiger partial charge in [-0.2, -0.15) is 0 Å². The zero-order valence-corrected chi connectivity index (χ0v) is 18.7. The van der Waals surface area contributed by atoms with Crippen LogP contribution in [0.25, 0.3) is 0 Å². The van der Waals surface area contributed by atoms with Crippen molar-refractivity contribution in [1.82, 2.24) is 0 Å². The fourth-order valence-corrected chi connectivity index (χ4v) is 3.81. The maximum atomic E-state index is 13.0. The maximum absolute atomic E-state index is 13.0. The zero-order valence-electron chi connectivity index (χ0n) is 18.0. The van der Waals surface area contributed by atoms with E-state index in [-0.39, 0.29) is 18.1 Å². The lowest BCUT2D eigenvalue weighted by Gasteiger charge is -2.17. The normalized spacial score (nSPS) is 12.1. The highest BCUT2D eigenvalue weighted by Crippen LogP contribution is 2.28. The Kier molecular flexibility index (Phi) is 8.76. The fourth-order valence-electron chi connectivity index (χ4n) is 3.58. The van der Waals surface area contributed by atoms with Crippen molar-refractivity contribution in [2.24, 2.45) is 10.9 Å². The minimum Gasteiger partial charge on any atom is -0.465 e. The second-order valence-corrected chi connectivity index (χ2v) is 7.70. The lowest BCUT2D eigenvalue weighted by atomic mass is 9.88. The number of hydrogen-bond acceptors (Lipinski definition) is 4. The molecule has 3 aromatic rings. The maximum Gasteiger partial charge on any atom is 0.322 e. The first-order chi connectivity index (χ1) is 15.6. The minimum absolute atomic E-state index is 0.162. The van der Waals surface area contributed by atoms with Crippen molar-refractivity contribution in [3.05, 3.63) is 107 Å². The van der Waals surface area contributed by atoms with Gasteiger partial charge >= 0.3 is 5.97 Å². The number of aliphatic imine (C=N–C) groups is 1. The van der Waals surface area contributed by atoms with E-state index < -0.39 is 17.7 Å². The van der Waals surface area contributed by atoms with Crippen molar-refractivity contribution in [1.29, 1.82) is 0 Å². The van der Waals surface area contributed by atoms with Gasteiger partial charge in [0, 0.05) is 24.2 Å². The van der Waals surface area contributed by atoms with Crippen molar-refractivity contribution < 1.29 is 14.3 Å². The minimum atomic E-state index is -1.12. The third kappa shape index (κ3) is 6.14. The molecule has 0 aromatic heterocycles. The molecule has 0 amide bonds. The number of hydrogen-bond donors (Lipinski definition) is 0. The molecule has 0 fully saturated rings. The average molecular weight is 448 g/mol. The molecule has 0 N–H and O–H groups in total. The summed E-state index contributed by atoms with van der Waals surface area (Å²) in [6, 6.07) is 27.2. The van der Waals surface area contributed by atoms with E-state index in [9.17, 15) is 9.59 Å². The van der Waals surface area contributed by atoms with Crippen molar-refractivity contribution in [3.63, 3.8) is 0 Å². The summed E-state index contributed by atoms with van der Waals surface area (Å²) in [7, 11) is 0. The topological polar surface area (TPSA) is 55.7 Å². The summed E-state index contributed by atoms with van der Waals surface area (Å²) in [5, 5.41) is 0.299. The lowest BCUT2D eigenvalue weighted by molar-refractivity contribution is -0.143. The number of halogens is 1. The molecule has 3 rings (SSSR count). The van der Waals surface area contributed by atoms with Gasteiger partial charge in [0.1, 0.15) is 0 Å². The molecule has 5 heteroatoms. The van der Waals surface area contributed by atoms with Gasteiger partial charge in [0.25, 0.3) is 0 Å². The van der Waals surface area contributed by atoms with E-state index in [1.54, 1.807) is 31.2 Å². The molecular formula is C27H26ClNO3. The number of ketones is 1. The first-order valence-corrected chi connectivity index (χ1v) is 11.0. The van der Waals surface area contributed by atoms with Crippen LogP contribution in [0.15, 0.2) is 89.9 Å². The largest absolute Gasteiger partial charge is 0.465 e. The van der Waals surface area contributed by atoms with Gasteiger partial charge in [0.05, 0.1) is 11.6 Å². The highest BCUT2D eigenvalue weighted by Gasteiger charge is 2.28. The molecule has 0 heterocycles. The van der Waals surface area contributed by atoms with Crippen LogP contribution in [0, 0.1) is 5.92 Å². The number of carbonyl (C=O) groups excluding carboxylic acids is 2. The summed E-state index contributed by atoms with van der Waals surface area (Å²) < 4.78 is 5.11. The predicted octanol–water partition coefficient (Wildman–Crippen LogP) is 6.00. The Morgan fingerprint density at radius 1 is 0.906 bits per heavy atom. The Labute approximate surface area is 193 Å². The average Bonchev–Trinajstić information content (AvgIpc) is 2.82. The Balaban J connectivity index is 1.77. The third-order valence-electron chi connectivity index (χ3n) is 5.17. The van der Waals surface area contributed by atoms with Gasteiger partial charge in [-0.3, -0.25) is 14.6 Å². The number of rotatable bonds is 10. The monoisotopic (exact) mass is 447 g/mol. The summed E-state index contributed by atoms with van der Waals surface area (Å²) in [6.45, 7) is 2.35. The fraction of sp³-hybridized carbons (Fsp3) is 0.222. The second-order valence-electron chi connectivity index (χ2n) is 7.29. The Hall–Kier alpha value is -3.24. The zero-order chi connectivity index (χ0) is 22.8. The standard InChI is InChI=1S/C27H26ClNO3/c1-2-32-27(31)24(26(30)23-15-9-10-16-25(23)28)19-29-18-17-22(20-11-5-3-6-12-20)21-13-7-4-8-14-21/h3-16,19,22,24H,2,17-18H2,1H3. The first kappa shape index (κ1) is 23.4. The van der Waals surface area contributed by atoms with Crippen LogP contribution in [0.3, 0.4) is 0 Å². The van der Waals surface area contributed by atoms with Crippen LogP contribution in [0.4, 0.5) is 0 Å². The van der Waals surface area contributed by atoms with Crippen LogP contribution in [0.5, 0.6) is 0 Å². The predicted molar refractivity (Wildman–Crippen MR) is 129 cm³/mol. The molecule has 0 spiro atoms. The van der Waals surface area contributed by atoms with Gasteiger partial charge in [0.15, 0.2) is 11.7 Å². The van der Waals surface area contributed by atoms with Crippen LogP contribution >= 0.6 is 11.6 Å². The summed E-state index contributed by atoms with van der Waals surface area (Å²) in [4.78, 5) is 29.9. The van der Waals surface area contributed by atoms with E-state index in [0.29, 0.717) is 11.6 Å². The van der Waals surface area contributed by atoms with Gasteiger partial charge in [-0.05, 0) is 36.6 Å². The Morgan fingerprint density at radius 3 is 2.03 bits per heavy atom. The molecule has 32 heavy (non-hydrogen) atoms. The van der Waals surface area contributed by atoms with Gasteiger partial charge in [-0.1, -0.05) is 84.4 Å². The van der Waals surface area contributed by atoms with E-state index in [1.807, 2.05) is 36.4 Å². The number of ether oxygens (including phenoxy) is 1. The van der Waals surface area contributed by atoms with Crippen LogP contribution in [-0.2, 0) is 9.53 Å². The molecule has 0 aliphatic heterocycles. The van der Waals surface area contributed by atoms with E-state index in [0.717, 1.165) is 6.42 Å². The lowest BCUT2D eigenvalue weighted by Crippen LogP contribution is -2.28. The summed E-state index contributed by atoms with van der Waals surface area (Å²) in [5.74, 6) is -2.00. The molecule has 1 unspecified atom stereocenters. The van der Waals surface area contributed by atoms with E-state index in [2.05, 4.69) is 29.3 Å². The molecule has 0 radical (unpaired) electrons. The van der Waals surface area contributed by atoms with E-state index in [4.69, 9.17) is 16.3 Å². The van der Waals surface area contributed by atoms with Crippen LogP contribution < -0.4 is 0 Å². The van der Waals surface area contributed by atoms with Gasteiger partial charge in [0.2, 0.25) is 0 Å². The molecule has 0 bridgehead atoms. The number of carbonyl (C=O) groups is 2. The van der Waals surface area contributed by atoms with Gasteiger partial charge in [-0.15, -0.1) is 0 Å². The molecule has 3 aromatic carbocycles. The molecule has 0 aliphatic rings. The second kappa shape index (κ2) is 12.0. The molecule has 0 saturated heterocycles. The quantitative estimate of drug-likeness (QED) is 0.166. The van der Waals surface area contributed by atoms with Crippen LogP contribution in [0.2, 0.25) is 5.02 Å². The molecular weight excluding hydrogens is 422 g/mol. The number of nitrogens with zero attached hydrogens (tertiary/aromatic N) is 1. The van der Waals surface area contributed by atoms with Crippen LogP contribution in [-0.4, -0.2) is 31.1 Å². The van der Waals surface area contributed by atoms with Gasteiger partial charge in [-0.25, -0.2) is 0 Å². The van der Waals surface area contributed by atoms with Crippen LogP contribution in [0.1, 0.15) is 40.7 Å². The number of benzene rings is 3. The highest BCUT2D eigenvalue weighted by molar-refractivity contribution is 6.35. The Morgan fingerprint density at radius 2 is 1.47 bits per heavy atom. The highest BCUT2D eigenvalue weighted by atomic mass is 35.5. The summed E-state index contributed by atoms with van der Waals surface area (Å²) in [5.41, 5.74) is 2.68. The molecule has 0 saturated carbocycles. The number of Topliss-reactive ketones (excluding diaryl/α,β-unsaturated/α-hetero) is 1. The summed E-state index contributed by atoms with van der Waals surface area (Å²) >= 11 is 6.17. The molecule has 0 aliphatic carbocycles.